The van der Waals surface area contributed by atoms with E-state index in [4.69, 9.17) is 4.74 Å². The van der Waals surface area contributed by atoms with Gasteiger partial charge in [-0.15, -0.1) is 0 Å². The third-order valence-corrected chi connectivity index (χ3v) is 3.78. The van der Waals surface area contributed by atoms with Gasteiger partial charge in [0.2, 0.25) is 0 Å². The van der Waals surface area contributed by atoms with E-state index >= 15 is 0 Å². The molecule has 1 aliphatic rings. The van der Waals surface area contributed by atoms with Crippen molar-refractivity contribution in [1.29, 1.82) is 0 Å². The van der Waals surface area contributed by atoms with Crippen molar-refractivity contribution in [3.05, 3.63) is 85.0 Å². The summed E-state index contributed by atoms with van der Waals surface area (Å²) in [7, 11) is 0. The summed E-state index contributed by atoms with van der Waals surface area (Å²) in [5.41, 5.74) is 3.46. The zero-order valence-electron chi connectivity index (χ0n) is 14.7. The fraction of sp³-hybridized carbons (Fsp3) is 0.182. The summed E-state index contributed by atoms with van der Waals surface area (Å²) in [6.07, 6.45) is 7.87. The van der Waals surface area contributed by atoms with Crippen LogP contribution in [0.25, 0.3) is 0 Å². The van der Waals surface area contributed by atoms with Gasteiger partial charge in [0.15, 0.2) is 11.5 Å². The summed E-state index contributed by atoms with van der Waals surface area (Å²) in [5.74, 6) is 1.87. The molecule has 0 unspecified atom stereocenters. The first-order valence-electron chi connectivity index (χ1n) is 8.30. The average molecular weight is 319 g/mol. The van der Waals surface area contributed by atoms with Gasteiger partial charge in [-0.2, -0.15) is 0 Å². The highest BCUT2D eigenvalue weighted by Gasteiger charge is 2.21. The third kappa shape index (κ3) is 3.96. The van der Waals surface area contributed by atoms with Crippen molar-refractivity contribution in [3.8, 4) is 11.5 Å². The fourth-order valence-electron chi connectivity index (χ4n) is 2.60. The molecular weight excluding hydrogens is 294 g/mol. The molecule has 0 bridgehead atoms. The minimum absolute atomic E-state index is 0.933. The van der Waals surface area contributed by atoms with Gasteiger partial charge in [-0.05, 0) is 50.6 Å². The second-order valence-electron chi connectivity index (χ2n) is 5.27. The van der Waals surface area contributed by atoms with Gasteiger partial charge in [-0.25, -0.2) is 0 Å². The van der Waals surface area contributed by atoms with Gasteiger partial charge >= 0.3 is 0 Å². The van der Waals surface area contributed by atoms with Crippen molar-refractivity contribution >= 4 is 11.4 Å². The second-order valence-corrected chi connectivity index (χ2v) is 5.27. The number of allylic oxidation sites excluding steroid dienone is 5. The molecule has 0 spiro atoms. The van der Waals surface area contributed by atoms with Gasteiger partial charge in [0.05, 0.1) is 11.4 Å². The van der Waals surface area contributed by atoms with Crippen LogP contribution in [-0.4, -0.2) is 6.54 Å². The molecule has 0 saturated heterocycles. The van der Waals surface area contributed by atoms with Gasteiger partial charge < -0.3 is 9.64 Å². The van der Waals surface area contributed by atoms with E-state index in [1.165, 1.54) is 5.57 Å². The van der Waals surface area contributed by atoms with Crippen LogP contribution >= 0.6 is 0 Å². The molecule has 0 saturated carbocycles. The normalized spacial score (nSPS) is 12.6. The lowest BCUT2D eigenvalue weighted by molar-refractivity contribution is 0.474. The number of hydrogen-bond donors (Lipinski definition) is 0. The maximum atomic E-state index is 5.87. The molecule has 0 aromatic heterocycles. The number of ether oxygens (including phenoxy) is 1. The molecule has 1 heterocycles. The van der Waals surface area contributed by atoms with E-state index in [-0.39, 0.29) is 0 Å². The van der Waals surface area contributed by atoms with E-state index in [2.05, 4.69) is 30.5 Å². The van der Waals surface area contributed by atoms with Gasteiger partial charge in [-0.1, -0.05) is 55.1 Å². The molecule has 2 aromatic carbocycles. The first-order valence-corrected chi connectivity index (χ1v) is 8.30. The van der Waals surface area contributed by atoms with Crippen molar-refractivity contribution in [3.63, 3.8) is 0 Å². The molecule has 2 heteroatoms. The zero-order chi connectivity index (χ0) is 17.4. The highest BCUT2D eigenvalue weighted by molar-refractivity contribution is 5.77. The van der Waals surface area contributed by atoms with E-state index < -0.39 is 0 Å². The van der Waals surface area contributed by atoms with E-state index in [9.17, 15) is 0 Å². The highest BCUT2D eigenvalue weighted by atomic mass is 16.5. The van der Waals surface area contributed by atoms with Gasteiger partial charge in [0.25, 0.3) is 0 Å². The predicted octanol–water partition coefficient (Wildman–Crippen LogP) is 6.65. The molecule has 124 valence electrons. The molecule has 0 aliphatic carbocycles. The second kappa shape index (κ2) is 8.78. The van der Waals surface area contributed by atoms with E-state index in [1.54, 1.807) is 0 Å². The molecule has 1 aliphatic heterocycles. The van der Waals surface area contributed by atoms with Crippen LogP contribution in [0.2, 0.25) is 0 Å². The Labute approximate surface area is 145 Å². The van der Waals surface area contributed by atoms with Gasteiger partial charge in [-0.3, -0.25) is 0 Å². The van der Waals surface area contributed by atoms with Crippen molar-refractivity contribution < 1.29 is 4.74 Å². The first kappa shape index (κ1) is 17.6. The molecule has 2 aromatic rings. The summed E-state index contributed by atoms with van der Waals surface area (Å²) in [6, 6.07) is 16.3. The SMILES string of the molecule is C=CC(/C=C\C)=C/C.CCN1c2ccccc2Oc2ccccc21. The van der Waals surface area contributed by atoms with Gasteiger partial charge in [0.1, 0.15) is 0 Å². The van der Waals surface area contributed by atoms with Crippen LogP contribution in [0.4, 0.5) is 11.4 Å². The zero-order valence-corrected chi connectivity index (χ0v) is 14.7. The Morgan fingerprint density at radius 3 is 1.92 bits per heavy atom. The highest BCUT2D eigenvalue weighted by Crippen LogP contribution is 2.45. The lowest BCUT2D eigenvalue weighted by atomic mass is 10.1. The number of fused-ring (bicyclic) bond motifs is 2. The molecule has 3 rings (SSSR count). The van der Waals surface area contributed by atoms with E-state index in [0.717, 1.165) is 29.4 Å². The lowest BCUT2D eigenvalue weighted by Crippen LogP contribution is -2.20. The molecule has 24 heavy (non-hydrogen) atoms. The molecular formula is C22H25NO. The lowest BCUT2D eigenvalue weighted by Gasteiger charge is -2.31. The Morgan fingerprint density at radius 2 is 1.54 bits per heavy atom. The van der Waals surface area contributed by atoms with Crippen LogP contribution in [0.5, 0.6) is 11.5 Å². The van der Waals surface area contributed by atoms with E-state index in [1.807, 2.05) is 74.5 Å². The van der Waals surface area contributed by atoms with Crippen molar-refractivity contribution in [1.82, 2.24) is 0 Å². The maximum Gasteiger partial charge on any atom is 0.151 e. The van der Waals surface area contributed by atoms with Crippen LogP contribution in [-0.2, 0) is 0 Å². The first-order chi connectivity index (χ1) is 11.7. The molecule has 0 N–H and O–H groups in total. The number of anilines is 2. The van der Waals surface area contributed by atoms with Crippen LogP contribution in [0.15, 0.2) is 85.0 Å². The molecule has 0 atom stereocenters. The minimum atomic E-state index is 0.933. The smallest absolute Gasteiger partial charge is 0.151 e. The Kier molecular flexibility index (Phi) is 6.44. The summed E-state index contributed by atoms with van der Waals surface area (Å²) >= 11 is 0. The number of benzene rings is 2. The van der Waals surface area contributed by atoms with Crippen LogP contribution in [0, 0.1) is 0 Å². The predicted molar refractivity (Wildman–Crippen MR) is 104 cm³/mol. The topological polar surface area (TPSA) is 12.5 Å². The van der Waals surface area contributed by atoms with Crippen molar-refractivity contribution in [2.24, 2.45) is 0 Å². The number of para-hydroxylation sites is 4. The van der Waals surface area contributed by atoms with Crippen molar-refractivity contribution in [2.45, 2.75) is 20.8 Å². The van der Waals surface area contributed by atoms with Crippen LogP contribution in [0.3, 0.4) is 0 Å². The average Bonchev–Trinajstić information content (AvgIpc) is 2.64. The Balaban J connectivity index is 0.000000224. The van der Waals surface area contributed by atoms with Crippen LogP contribution < -0.4 is 9.64 Å². The monoisotopic (exact) mass is 319 g/mol. The summed E-state index contributed by atoms with van der Waals surface area (Å²) in [4.78, 5) is 2.27. The third-order valence-electron chi connectivity index (χ3n) is 3.78. The standard InChI is InChI=1S/C14H13NO.C8H12/c1-2-15-11-7-3-5-9-13(11)16-14-10-6-4-8-12(14)15;1-4-7-8(5-2)6-3/h3-10H,2H2,1H3;4-7H,2H2,1,3H3/b;7-4-,8-6-. The summed E-state index contributed by atoms with van der Waals surface area (Å²) in [6.45, 7) is 10.7. The molecule has 2 nitrogen and oxygen atoms in total. The van der Waals surface area contributed by atoms with Crippen molar-refractivity contribution in [2.75, 3.05) is 11.4 Å². The minimum Gasteiger partial charge on any atom is -0.453 e. The quantitative estimate of drug-likeness (QED) is 0.587. The maximum absolute atomic E-state index is 5.87. The number of rotatable bonds is 3. The number of hydrogen-bond acceptors (Lipinski definition) is 2. The summed E-state index contributed by atoms with van der Waals surface area (Å²) in [5, 5.41) is 0. The Morgan fingerprint density at radius 1 is 1.00 bits per heavy atom. The van der Waals surface area contributed by atoms with E-state index in [0.29, 0.717) is 0 Å². The Hall–Kier alpha value is -2.74. The molecule has 0 radical (unpaired) electrons. The summed E-state index contributed by atoms with van der Waals surface area (Å²) < 4.78 is 5.87. The van der Waals surface area contributed by atoms with Crippen LogP contribution in [0.1, 0.15) is 20.8 Å². The molecule has 0 amide bonds. The largest absolute Gasteiger partial charge is 0.453 e. The fourth-order valence-corrected chi connectivity index (χ4v) is 2.60. The molecule has 0 fully saturated rings. The van der Waals surface area contributed by atoms with Gasteiger partial charge in [0, 0.05) is 6.54 Å². The number of nitrogens with zero attached hydrogens (tertiary/aromatic N) is 1. The Bertz CT molecular complexity index is 698.